The number of benzene rings is 1. The van der Waals surface area contributed by atoms with Crippen LogP contribution in [0.1, 0.15) is 156 Å². The van der Waals surface area contributed by atoms with Crippen LogP contribution in [-0.4, -0.2) is 43.9 Å². The molecule has 0 aliphatic rings. The van der Waals surface area contributed by atoms with E-state index in [9.17, 15) is 22.6 Å². The van der Waals surface area contributed by atoms with E-state index in [0.717, 1.165) is 19.3 Å². The smallest absolute Gasteiger partial charge is 0.748 e. The number of carbonyl (C=O) groups is 2. The first kappa shape index (κ1) is 40.1. The first-order valence-corrected chi connectivity index (χ1v) is 17.3. The first-order valence-electron chi connectivity index (χ1n) is 15.7. The second kappa shape index (κ2) is 26.7. The first-order chi connectivity index (χ1) is 19.3. The average Bonchev–Trinajstić information content (AvgIpc) is 2.93. The molecule has 0 saturated carbocycles. The Balaban J connectivity index is 0.0000160. The van der Waals surface area contributed by atoms with Crippen molar-refractivity contribution in [3.63, 3.8) is 0 Å². The molecular weight excluding hydrogens is 551 g/mol. The van der Waals surface area contributed by atoms with E-state index >= 15 is 0 Å². The number of unbranched alkanes of at least 4 members (excludes halogenated alkanes) is 19. The molecule has 0 aromatic heterocycles. The van der Waals surface area contributed by atoms with Crippen molar-refractivity contribution in [3.05, 3.63) is 35.4 Å². The van der Waals surface area contributed by atoms with Gasteiger partial charge in [-0.3, -0.25) is 0 Å². The van der Waals surface area contributed by atoms with Crippen LogP contribution in [0.4, 0.5) is 0 Å². The minimum Gasteiger partial charge on any atom is -0.748 e. The molecule has 1 rings (SSSR count). The third-order valence-electron chi connectivity index (χ3n) is 7.16. The Kier molecular flexibility index (Phi) is 26.1. The maximum atomic E-state index is 12.4. The quantitative estimate of drug-likeness (QED) is 0.0605. The van der Waals surface area contributed by atoms with Crippen molar-refractivity contribution in [2.75, 3.05) is 19.0 Å². The van der Waals surface area contributed by atoms with Crippen LogP contribution in [0.25, 0.3) is 0 Å². The van der Waals surface area contributed by atoms with Crippen LogP contribution in [0.5, 0.6) is 0 Å². The summed E-state index contributed by atoms with van der Waals surface area (Å²) in [5.74, 6) is -2.30. The fourth-order valence-corrected chi connectivity index (χ4v) is 5.04. The van der Waals surface area contributed by atoms with Gasteiger partial charge in [-0.2, -0.15) is 0 Å². The number of hydrogen-bond acceptors (Lipinski definition) is 7. The normalized spacial score (nSPS) is 11.2. The summed E-state index contributed by atoms with van der Waals surface area (Å²) in [6.07, 6.45) is 26.1. The Morgan fingerprint density at radius 1 is 0.585 bits per heavy atom. The second-order valence-electron chi connectivity index (χ2n) is 10.8. The number of carbonyl (C=O) groups excluding carboxylic acids is 2. The summed E-state index contributed by atoms with van der Waals surface area (Å²) in [6.45, 7) is 1.98. The molecule has 0 aliphatic heterocycles. The summed E-state index contributed by atoms with van der Waals surface area (Å²) in [5.41, 5.74) is 0.0462. The third kappa shape index (κ3) is 23.2. The molecule has 7 nitrogen and oxygen atoms in total. The number of hydrogen-bond donors (Lipinski definition) is 0. The van der Waals surface area contributed by atoms with Gasteiger partial charge in [-0.15, -0.1) is 0 Å². The summed E-state index contributed by atoms with van der Waals surface area (Å²) in [7, 11) is -4.48. The molecule has 1 aromatic rings. The molecule has 0 aliphatic carbocycles. The van der Waals surface area contributed by atoms with Crippen LogP contribution < -0.4 is 29.6 Å². The van der Waals surface area contributed by atoms with Crippen LogP contribution in [0.3, 0.4) is 0 Å². The van der Waals surface area contributed by atoms with Gasteiger partial charge in [0.05, 0.1) is 33.6 Å². The topological polar surface area (TPSA) is 110 Å². The van der Waals surface area contributed by atoms with Gasteiger partial charge in [0.25, 0.3) is 0 Å². The molecule has 0 heterocycles. The molecule has 0 spiro atoms. The van der Waals surface area contributed by atoms with Gasteiger partial charge in [0.1, 0.15) is 6.61 Å². The van der Waals surface area contributed by atoms with Crippen molar-refractivity contribution in [2.24, 2.45) is 0 Å². The van der Waals surface area contributed by atoms with E-state index in [0.29, 0.717) is 0 Å². The average molecular weight is 605 g/mol. The van der Waals surface area contributed by atoms with Gasteiger partial charge < -0.3 is 14.0 Å². The largest absolute Gasteiger partial charge is 1.00 e. The standard InChI is InChI=1S/C32H54O7S.Na/c1-2-3-4-5-6-7-8-9-10-11-12-13-14-15-16-17-18-19-20-23-26-38-31(33)29-24-21-22-25-30(29)32(34)39-27-28-40(35,36)37;/h21-22,24-25H,2-20,23,26-28H2,1H3,(H,35,36,37);/q;+1/p-1. The second-order valence-corrected chi connectivity index (χ2v) is 12.3. The fraction of sp³-hybridized carbons (Fsp3) is 0.750. The van der Waals surface area contributed by atoms with Crippen LogP contribution in [0.15, 0.2) is 24.3 Å². The van der Waals surface area contributed by atoms with Gasteiger partial charge in [-0.05, 0) is 18.6 Å². The van der Waals surface area contributed by atoms with E-state index in [4.69, 9.17) is 9.47 Å². The Labute approximate surface area is 272 Å². The van der Waals surface area contributed by atoms with Crippen LogP contribution in [0.2, 0.25) is 0 Å². The Bertz CT molecular complexity index is 905. The van der Waals surface area contributed by atoms with E-state index in [-0.39, 0.29) is 47.3 Å². The predicted octanol–water partition coefficient (Wildman–Crippen LogP) is 5.37. The predicted molar refractivity (Wildman–Crippen MR) is 160 cm³/mol. The zero-order chi connectivity index (χ0) is 29.3. The molecule has 41 heavy (non-hydrogen) atoms. The van der Waals surface area contributed by atoms with Crippen LogP contribution >= 0.6 is 0 Å². The van der Waals surface area contributed by atoms with Gasteiger partial charge in [-0.1, -0.05) is 141 Å². The van der Waals surface area contributed by atoms with Gasteiger partial charge >= 0.3 is 41.5 Å². The van der Waals surface area contributed by atoms with Gasteiger partial charge in [0, 0.05) is 0 Å². The third-order valence-corrected chi connectivity index (χ3v) is 7.83. The molecule has 0 radical (unpaired) electrons. The molecule has 0 bridgehead atoms. The maximum absolute atomic E-state index is 12.4. The fourth-order valence-electron chi connectivity index (χ4n) is 4.75. The minimum atomic E-state index is -4.48. The van der Waals surface area contributed by atoms with Crippen molar-refractivity contribution in [2.45, 2.75) is 135 Å². The van der Waals surface area contributed by atoms with E-state index in [1.54, 1.807) is 12.1 Å². The number of ether oxygens (including phenoxy) is 2. The molecule has 0 amide bonds. The van der Waals surface area contributed by atoms with Gasteiger partial charge in [-0.25, -0.2) is 18.0 Å². The zero-order valence-corrected chi connectivity index (χ0v) is 28.7. The van der Waals surface area contributed by atoms with Crippen molar-refractivity contribution in [1.82, 2.24) is 0 Å². The van der Waals surface area contributed by atoms with E-state index in [2.05, 4.69) is 6.92 Å². The molecule has 0 unspecified atom stereocenters. The van der Waals surface area contributed by atoms with Gasteiger partial charge in [0.15, 0.2) is 0 Å². The molecule has 9 heteroatoms. The number of esters is 2. The molecule has 0 N–H and O–H groups in total. The van der Waals surface area contributed by atoms with Gasteiger partial charge in [0.2, 0.25) is 0 Å². The Morgan fingerprint density at radius 2 is 0.902 bits per heavy atom. The van der Waals surface area contributed by atoms with E-state index < -0.39 is 34.4 Å². The summed E-state index contributed by atoms with van der Waals surface area (Å²) in [5, 5.41) is 0. The van der Waals surface area contributed by atoms with Crippen molar-refractivity contribution < 1.29 is 61.6 Å². The van der Waals surface area contributed by atoms with Crippen LogP contribution in [-0.2, 0) is 19.6 Å². The SMILES string of the molecule is CCCCCCCCCCCCCCCCCCCCCCOC(=O)c1ccccc1C(=O)OCCS(=O)(=O)[O-].[Na+]. The summed E-state index contributed by atoms with van der Waals surface area (Å²) in [4.78, 5) is 24.6. The minimum absolute atomic E-state index is 0. The Hall–Kier alpha value is -0.930. The molecule has 230 valence electrons. The maximum Gasteiger partial charge on any atom is 1.00 e. The number of rotatable bonds is 26. The monoisotopic (exact) mass is 604 g/mol. The van der Waals surface area contributed by atoms with E-state index in [1.165, 1.54) is 121 Å². The molecule has 0 saturated heterocycles. The molecule has 1 aromatic carbocycles. The summed E-state index contributed by atoms with van der Waals surface area (Å²) in [6, 6.07) is 6.03. The molecule has 0 atom stereocenters. The van der Waals surface area contributed by atoms with E-state index in [1.807, 2.05) is 0 Å². The molecular formula is C32H53NaO7S. The summed E-state index contributed by atoms with van der Waals surface area (Å²) < 4.78 is 42.1. The van der Waals surface area contributed by atoms with Crippen molar-refractivity contribution in [1.29, 1.82) is 0 Å². The van der Waals surface area contributed by atoms with Crippen molar-refractivity contribution >= 4 is 22.1 Å². The zero-order valence-electron chi connectivity index (χ0n) is 25.8. The Morgan fingerprint density at radius 3 is 1.24 bits per heavy atom. The molecule has 0 fully saturated rings. The summed E-state index contributed by atoms with van der Waals surface area (Å²) >= 11 is 0. The van der Waals surface area contributed by atoms with Crippen LogP contribution in [0, 0.1) is 0 Å². The van der Waals surface area contributed by atoms with Crippen molar-refractivity contribution in [3.8, 4) is 0 Å².